The number of aliphatic hydroxyl groups excluding tert-OH is 2. The van der Waals surface area contributed by atoms with E-state index in [1.54, 1.807) is 24.3 Å². The van der Waals surface area contributed by atoms with Gasteiger partial charge in [0.25, 0.3) is 0 Å². The minimum atomic E-state index is -4.37. The van der Waals surface area contributed by atoms with E-state index in [2.05, 4.69) is 5.32 Å². The average molecular weight is 341 g/mol. The second-order valence-electron chi connectivity index (χ2n) is 5.19. The van der Waals surface area contributed by atoms with Crippen LogP contribution in [0.1, 0.15) is 11.1 Å². The first-order chi connectivity index (χ1) is 11.4. The topological polar surface area (TPSA) is 61.7 Å². The number of halogens is 3. The molecule has 2 aromatic rings. The molecule has 4 nitrogen and oxygen atoms in total. The van der Waals surface area contributed by atoms with E-state index < -0.39 is 17.8 Å². The number of hydrogen-bond acceptors (Lipinski definition) is 4. The highest BCUT2D eigenvalue weighted by molar-refractivity contribution is 5.45. The molecule has 7 heteroatoms. The summed E-state index contributed by atoms with van der Waals surface area (Å²) in [6.45, 7) is -0.0621. The lowest BCUT2D eigenvalue weighted by Crippen LogP contribution is -2.26. The Labute approximate surface area is 137 Å². The van der Waals surface area contributed by atoms with Crippen LogP contribution in [0.5, 0.6) is 5.75 Å². The smallest absolute Gasteiger partial charge is 0.416 e. The molecule has 24 heavy (non-hydrogen) atoms. The second kappa shape index (κ2) is 8.03. The summed E-state index contributed by atoms with van der Waals surface area (Å²) in [6.07, 6.45) is -5.23. The minimum Gasteiger partial charge on any atom is -0.490 e. The number of anilines is 1. The molecule has 0 saturated carbocycles. The minimum absolute atomic E-state index is 0.00928. The molecule has 1 unspecified atom stereocenters. The van der Waals surface area contributed by atoms with E-state index in [-0.39, 0.29) is 19.8 Å². The maximum Gasteiger partial charge on any atom is 0.416 e. The fourth-order valence-electron chi connectivity index (χ4n) is 2.03. The summed E-state index contributed by atoms with van der Waals surface area (Å²) < 4.78 is 42.8. The quantitative estimate of drug-likeness (QED) is 0.724. The van der Waals surface area contributed by atoms with Gasteiger partial charge in [-0.3, -0.25) is 0 Å². The Bertz CT molecular complexity index is 644. The predicted octanol–water partition coefficient (Wildman–Crippen LogP) is 3.05. The largest absolute Gasteiger partial charge is 0.490 e. The van der Waals surface area contributed by atoms with E-state index in [0.717, 1.165) is 12.1 Å². The number of nitrogens with one attached hydrogen (secondary N) is 1. The molecule has 1 atom stereocenters. The zero-order valence-electron chi connectivity index (χ0n) is 12.8. The maximum absolute atomic E-state index is 12.5. The molecule has 2 rings (SSSR count). The van der Waals surface area contributed by atoms with Crippen LogP contribution in [0, 0.1) is 0 Å². The van der Waals surface area contributed by atoms with Gasteiger partial charge in [0, 0.05) is 17.8 Å². The summed E-state index contributed by atoms with van der Waals surface area (Å²) in [6, 6.07) is 11.5. The van der Waals surface area contributed by atoms with Crippen LogP contribution in [0.4, 0.5) is 18.9 Å². The molecule has 0 heterocycles. The summed E-state index contributed by atoms with van der Waals surface area (Å²) in [5.74, 6) is 0.480. The van der Waals surface area contributed by atoms with Crippen LogP contribution in [-0.4, -0.2) is 29.5 Å². The Hall–Kier alpha value is -2.25. The van der Waals surface area contributed by atoms with Gasteiger partial charge in [-0.25, -0.2) is 0 Å². The molecule has 0 amide bonds. The lowest BCUT2D eigenvalue weighted by atomic mass is 10.2. The van der Waals surface area contributed by atoms with Crippen molar-refractivity contribution < 1.29 is 28.1 Å². The van der Waals surface area contributed by atoms with E-state index >= 15 is 0 Å². The third kappa shape index (κ3) is 5.14. The molecule has 0 aliphatic carbocycles. The Morgan fingerprint density at radius 3 is 2.33 bits per heavy atom. The van der Waals surface area contributed by atoms with Crippen molar-refractivity contribution in [3.8, 4) is 5.75 Å². The molecule has 0 aliphatic rings. The summed E-state index contributed by atoms with van der Waals surface area (Å²) in [7, 11) is 0. The Morgan fingerprint density at radius 1 is 1.04 bits per heavy atom. The summed E-state index contributed by atoms with van der Waals surface area (Å²) in [5.41, 5.74) is 0.357. The number of alkyl halides is 3. The van der Waals surface area contributed by atoms with Gasteiger partial charge < -0.3 is 20.3 Å². The normalized spacial score (nSPS) is 12.7. The Kier molecular flexibility index (Phi) is 6.05. The van der Waals surface area contributed by atoms with Crippen LogP contribution in [0.15, 0.2) is 48.5 Å². The number of hydrogen-bond donors (Lipinski definition) is 3. The van der Waals surface area contributed by atoms with Crippen LogP contribution in [0.25, 0.3) is 0 Å². The standard InChI is InChI=1S/C17H18F3NO3/c18-17(19,20)13-5-7-14(8-6-13)21-9-15(23)11-24-16-4-2-1-3-12(16)10-22/h1-8,15,21-23H,9-11H2. The highest BCUT2D eigenvalue weighted by atomic mass is 19.4. The number of aliphatic hydroxyl groups is 2. The van der Waals surface area contributed by atoms with Crippen molar-refractivity contribution in [1.29, 1.82) is 0 Å². The molecule has 2 aromatic carbocycles. The molecule has 0 saturated heterocycles. The first kappa shape index (κ1) is 18.1. The van der Waals surface area contributed by atoms with Gasteiger partial charge in [-0.05, 0) is 30.3 Å². The number of benzene rings is 2. The number of rotatable bonds is 7. The summed E-state index contributed by atoms with van der Waals surface area (Å²) in [4.78, 5) is 0. The van der Waals surface area contributed by atoms with Crippen molar-refractivity contribution in [3.63, 3.8) is 0 Å². The highest BCUT2D eigenvalue weighted by Crippen LogP contribution is 2.29. The van der Waals surface area contributed by atoms with Crippen molar-refractivity contribution >= 4 is 5.69 Å². The van der Waals surface area contributed by atoms with Crippen molar-refractivity contribution in [2.24, 2.45) is 0 Å². The van der Waals surface area contributed by atoms with E-state index in [1.807, 2.05) is 0 Å². The fraction of sp³-hybridized carbons (Fsp3) is 0.294. The van der Waals surface area contributed by atoms with E-state index in [0.29, 0.717) is 17.0 Å². The third-order valence-electron chi connectivity index (χ3n) is 3.33. The molecule has 0 bridgehead atoms. The molecule has 0 spiro atoms. The fourth-order valence-corrected chi connectivity index (χ4v) is 2.03. The van der Waals surface area contributed by atoms with Gasteiger partial charge >= 0.3 is 6.18 Å². The van der Waals surface area contributed by atoms with Crippen LogP contribution >= 0.6 is 0 Å². The second-order valence-corrected chi connectivity index (χ2v) is 5.19. The first-order valence-corrected chi connectivity index (χ1v) is 7.31. The van der Waals surface area contributed by atoms with Crippen LogP contribution in [-0.2, 0) is 12.8 Å². The van der Waals surface area contributed by atoms with Crippen molar-refractivity contribution in [3.05, 3.63) is 59.7 Å². The van der Waals surface area contributed by atoms with Crippen molar-refractivity contribution in [1.82, 2.24) is 0 Å². The van der Waals surface area contributed by atoms with Crippen LogP contribution in [0.2, 0.25) is 0 Å². The van der Waals surface area contributed by atoms with Gasteiger partial charge in [-0.2, -0.15) is 13.2 Å². The van der Waals surface area contributed by atoms with Crippen molar-refractivity contribution in [2.75, 3.05) is 18.5 Å². The number of ether oxygens (including phenoxy) is 1. The molecule has 0 radical (unpaired) electrons. The van der Waals surface area contributed by atoms with E-state index in [4.69, 9.17) is 4.74 Å². The van der Waals surface area contributed by atoms with Crippen LogP contribution in [0.3, 0.4) is 0 Å². The Morgan fingerprint density at radius 2 is 1.71 bits per heavy atom. The van der Waals surface area contributed by atoms with Gasteiger partial charge in [0.2, 0.25) is 0 Å². The predicted molar refractivity (Wildman–Crippen MR) is 83.8 cm³/mol. The SMILES string of the molecule is OCc1ccccc1OCC(O)CNc1ccc(C(F)(F)F)cc1. The molecular formula is C17H18F3NO3. The highest BCUT2D eigenvalue weighted by Gasteiger charge is 2.29. The number of para-hydroxylation sites is 1. The van der Waals surface area contributed by atoms with Gasteiger partial charge in [0.1, 0.15) is 18.5 Å². The lowest BCUT2D eigenvalue weighted by Gasteiger charge is -2.16. The molecule has 0 fully saturated rings. The van der Waals surface area contributed by atoms with Gasteiger partial charge in [0.15, 0.2) is 0 Å². The molecular weight excluding hydrogens is 323 g/mol. The van der Waals surface area contributed by atoms with Gasteiger partial charge in [0.05, 0.1) is 12.2 Å². The summed E-state index contributed by atoms with van der Waals surface area (Å²) >= 11 is 0. The first-order valence-electron chi connectivity index (χ1n) is 7.31. The van der Waals surface area contributed by atoms with E-state index in [9.17, 15) is 23.4 Å². The van der Waals surface area contributed by atoms with Gasteiger partial charge in [-0.1, -0.05) is 18.2 Å². The zero-order chi connectivity index (χ0) is 17.6. The van der Waals surface area contributed by atoms with E-state index in [1.165, 1.54) is 12.1 Å². The Balaban J connectivity index is 1.82. The third-order valence-corrected chi connectivity index (χ3v) is 3.33. The monoisotopic (exact) mass is 341 g/mol. The lowest BCUT2D eigenvalue weighted by molar-refractivity contribution is -0.137. The molecule has 3 N–H and O–H groups in total. The average Bonchev–Trinajstić information content (AvgIpc) is 2.58. The summed E-state index contributed by atoms with van der Waals surface area (Å²) in [5, 5.41) is 21.9. The molecule has 130 valence electrons. The zero-order valence-corrected chi connectivity index (χ0v) is 12.8. The molecule has 0 aliphatic heterocycles. The van der Waals surface area contributed by atoms with Crippen LogP contribution < -0.4 is 10.1 Å². The maximum atomic E-state index is 12.5. The van der Waals surface area contributed by atoms with Gasteiger partial charge in [-0.15, -0.1) is 0 Å². The van der Waals surface area contributed by atoms with Crippen molar-refractivity contribution in [2.45, 2.75) is 18.9 Å². The molecule has 0 aromatic heterocycles.